The van der Waals surface area contributed by atoms with Gasteiger partial charge in [0.1, 0.15) is 22.9 Å². The second-order valence-corrected chi connectivity index (χ2v) is 9.03. The maximum atomic E-state index is 5.52. The summed E-state index contributed by atoms with van der Waals surface area (Å²) in [6.07, 6.45) is 7.08. The summed E-state index contributed by atoms with van der Waals surface area (Å²) in [7, 11) is 0. The third-order valence-corrected chi connectivity index (χ3v) is 6.07. The van der Waals surface area contributed by atoms with Crippen molar-refractivity contribution in [1.29, 1.82) is 0 Å². The van der Waals surface area contributed by atoms with E-state index in [0.717, 1.165) is 43.8 Å². The maximum absolute atomic E-state index is 5.52. The fraction of sp³-hybridized carbons (Fsp3) is 0.118. The first kappa shape index (κ1) is 33.4. The van der Waals surface area contributed by atoms with Crippen LogP contribution in [0.1, 0.15) is 25.0 Å². The van der Waals surface area contributed by atoms with Gasteiger partial charge < -0.3 is 34.7 Å². The van der Waals surface area contributed by atoms with Gasteiger partial charge in [-0.2, -0.15) is 9.81 Å². The van der Waals surface area contributed by atoms with Gasteiger partial charge in [0.25, 0.3) is 0 Å². The zero-order chi connectivity index (χ0) is 28.4. The van der Waals surface area contributed by atoms with Crippen molar-refractivity contribution in [2.24, 2.45) is 9.98 Å². The van der Waals surface area contributed by atoms with E-state index in [4.69, 9.17) is 34.7 Å². The van der Waals surface area contributed by atoms with Crippen LogP contribution in [0.2, 0.25) is 0 Å². The van der Waals surface area contributed by atoms with E-state index >= 15 is 0 Å². The summed E-state index contributed by atoms with van der Waals surface area (Å²) in [5.74, 6) is 1.57. The molecule has 0 radical (unpaired) electrons. The van der Waals surface area contributed by atoms with E-state index in [-0.39, 0.29) is 16.5 Å². The second-order valence-electron chi connectivity index (χ2n) is 8.15. The molecule has 0 aliphatic carbocycles. The van der Waals surface area contributed by atoms with Crippen molar-refractivity contribution in [3.8, 4) is 11.5 Å². The molecule has 4 rings (SSSR count). The SMILES string of the molecule is CCOc1ccccc1N=CC=C([S-])c1ccccc1.CCOc1ccccc1N=CC=C([S-])c1ccccc1.[Ni+2]. The summed E-state index contributed by atoms with van der Waals surface area (Å²) in [5, 5.41) is 0. The fourth-order valence-corrected chi connectivity index (χ4v) is 3.84. The van der Waals surface area contributed by atoms with E-state index in [2.05, 4.69) is 9.98 Å². The van der Waals surface area contributed by atoms with E-state index in [1.807, 2.05) is 135 Å². The smallest absolute Gasteiger partial charge is 0.779 e. The van der Waals surface area contributed by atoms with Gasteiger partial charge in [-0.25, -0.2) is 0 Å². The number of benzene rings is 4. The minimum absolute atomic E-state index is 0. The van der Waals surface area contributed by atoms with Crippen LogP contribution < -0.4 is 9.47 Å². The summed E-state index contributed by atoms with van der Waals surface area (Å²) in [6.45, 7) is 5.16. The first-order valence-corrected chi connectivity index (χ1v) is 13.8. The second kappa shape index (κ2) is 19.3. The van der Waals surface area contributed by atoms with Gasteiger partial charge in [-0.05, 0) is 49.2 Å². The molecule has 0 amide bonds. The standard InChI is InChI=1S/2C17H17NOS.Ni/c2*1-2-19-16-11-7-6-10-15(16)18-13-12-17(20)14-8-4-3-5-9-14;/h2*3-13,20H,2H2,1H3;/q;;+2/p-2. The van der Waals surface area contributed by atoms with Gasteiger partial charge in [0.05, 0.1) is 13.2 Å². The summed E-state index contributed by atoms with van der Waals surface area (Å²) in [5.41, 5.74) is 3.65. The molecule has 0 atom stereocenters. The molecule has 7 heteroatoms. The van der Waals surface area contributed by atoms with Gasteiger partial charge in [0.2, 0.25) is 0 Å². The molecule has 0 bridgehead atoms. The summed E-state index contributed by atoms with van der Waals surface area (Å²) >= 11 is 10.7. The van der Waals surface area contributed by atoms with Gasteiger partial charge in [-0.1, -0.05) is 97.1 Å². The Balaban J connectivity index is 0.000000280. The molecule has 0 saturated heterocycles. The van der Waals surface area contributed by atoms with Crippen LogP contribution in [0.5, 0.6) is 11.5 Å². The predicted molar refractivity (Wildman–Crippen MR) is 175 cm³/mol. The predicted octanol–water partition coefficient (Wildman–Crippen LogP) is 8.75. The van der Waals surface area contributed by atoms with Crippen LogP contribution in [0, 0.1) is 0 Å². The van der Waals surface area contributed by atoms with E-state index in [0.29, 0.717) is 13.2 Å². The Morgan fingerprint density at radius 3 is 1.27 bits per heavy atom. The third-order valence-electron chi connectivity index (χ3n) is 5.33. The Bertz CT molecular complexity index is 1330. The minimum Gasteiger partial charge on any atom is -0.779 e. The number of para-hydroxylation sites is 4. The van der Waals surface area contributed by atoms with Crippen LogP contribution in [-0.2, 0) is 41.7 Å². The topological polar surface area (TPSA) is 43.2 Å². The molecule has 0 fully saturated rings. The van der Waals surface area contributed by atoms with Crippen molar-refractivity contribution < 1.29 is 26.0 Å². The molecule has 41 heavy (non-hydrogen) atoms. The number of ether oxygens (including phenoxy) is 2. The number of hydrogen-bond donors (Lipinski definition) is 0. The quantitative estimate of drug-likeness (QED) is 0.101. The number of rotatable bonds is 10. The molecule has 4 aromatic carbocycles. The molecule has 0 aromatic heterocycles. The first-order valence-electron chi connectivity index (χ1n) is 13.0. The van der Waals surface area contributed by atoms with Gasteiger partial charge in [0, 0.05) is 12.4 Å². The molecule has 0 heterocycles. The van der Waals surface area contributed by atoms with Crippen LogP contribution in [-0.4, -0.2) is 25.6 Å². The van der Waals surface area contributed by atoms with Crippen LogP contribution in [0.4, 0.5) is 11.4 Å². The van der Waals surface area contributed by atoms with Crippen LogP contribution in [0.3, 0.4) is 0 Å². The summed E-state index contributed by atoms with van der Waals surface area (Å²) < 4.78 is 11.0. The Morgan fingerprint density at radius 1 is 0.561 bits per heavy atom. The summed E-state index contributed by atoms with van der Waals surface area (Å²) in [4.78, 5) is 10.3. The minimum atomic E-state index is 0. The largest absolute Gasteiger partial charge is 2.00 e. The van der Waals surface area contributed by atoms with Crippen LogP contribution in [0.25, 0.3) is 9.81 Å². The molecular weight excluding hydrogens is 591 g/mol. The molecular formula is C34H32N2NiO2S2. The Kier molecular flexibility index (Phi) is 15.8. The van der Waals surface area contributed by atoms with E-state index in [9.17, 15) is 0 Å². The average molecular weight is 623 g/mol. The van der Waals surface area contributed by atoms with E-state index in [1.54, 1.807) is 12.4 Å². The monoisotopic (exact) mass is 622 g/mol. The van der Waals surface area contributed by atoms with Crippen molar-refractivity contribution in [3.05, 3.63) is 132 Å². The maximum Gasteiger partial charge on any atom is 2.00 e. The van der Waals surface area contributed by atoms with E-state index < -0.39 is 0 Å². The molecule has 0 unspecified atom stereocenters. The van der Waals surface area contributed by atoms with Gasteiger partial charge in [0.15, 0.2) is 0 Å². The number of nitrogens with zero attached hydrogens (tertiary/aromatic N) is 2. The fourth-order valence-electron chi connectivity index (χ4n) is 3.45. The number of aliphatic imine (C=N–C) groups is 2. The van der Waals surface area contributed by atoms with Crippen molar-refractivity contribution in [1.82, 2.24) is 0 Å². The molecule has 0 aliphatic rings. The average Bonchev–Trinajstić information content (AvgIpc) is 3.00. The Hall–Kier alpha value is -3.77. The normalized spacial score (nSPS) is 11.5. The zero-order valence-electron chi connectivity index (χ0n) is 23.0. The third kappa shape index (κ3) is 11.7. The van der Waals surface area contributed by atoms with Crippen molar-refractivity contribution in [2.45, 2.75) is 13.8 Å². The van der Waals surface area contributed by atoms with Crippen LogP contribution >= 0.6 is 0 Å². The molecule has 212 valence electrons. The molecule has 4 nitrogen and oxygen atoms in total. The van der Waals surface area contributed by atoms with Gasteiger partial charge >= 0.3 is 16.5 Å². The number of hydrogen-bond acceptors (Lipinski definition) is 6. The molecule has 0 saturated carbocycles. The van der Waals surface area contributed by atoms with Gasteiger partial charge in [-0.15, -0.1) is 0 Å². The van der Waals surface area contributed by atoms with Crippen LogP contribution in [0.15, 0.2) is 131 Å². The number of allylic oxidation sites excluding steroid dienone is 2. The molecule has 4 aromatic rings. The van der Waals surface area contributed by atoms with E-state index in [1.165, 1.54) is 0 Å². The molecule has 0 spiro atoms. The zero-order valence-corrected chi connectivity index (χ0v) is 25.6. The molecule has 0 N–H and O–H groups in total. The van der Waals surface area contributed by atoms with Crippen molar-refractivity contribution in [2.75, 3.05) is 13.2 Å². The Labute approximate surface area is 264 Å². The Morgan fingerprint density at radius 2 is 0.902 bits per heavy atom. The van der Waals surface area contributed by atoms with Crippen molar-refractivity contribution in [3.63, 3.8) is 0 Å². The van der Waals surface area contributed by atoms with Gasteiger partial charge in [-0.3, -0.25) is 9.98 Å². The first-order chi connectivity index (χ1) is 19.6. The molecule has 0 aliphatic heterocycles. The van der Waals surface area contributed by atoms with Crippen molar-refractivity contribution >= 4 is 58.9 Å². The summed E-state index contributed by atoms with van der Waals surface area (Å²) in [6, 6.07) is 35.2.